The largest absolute Gasteiger partial charge is 0.326 e. The minimum atomic E-state index is -0.0885. The number of Topliss-reactive ketones (excluding diaryl/α,β-unsaturated/α-hetero) is 1. The van der Waals surface area contributed by atoms with Gasteiger partial charge >= 0.3 is 0 Å². The highest BCUT2D eigenvalue weighted by Crippen LogP contribution is 2.31. The molecule has 1 aliphatic carbocycles. The normalized spacial score (nSPS) is 18.7. The summed E-state index contributed by atoms with van der Waals surface area (Å²) in [6.45, 7) is 3.59. The lowest BCUT2D eigenvalue weighted by Crippen LogP contribution is -2.32. The second-order valence-electron chi connectivity index (χ2n) is 7.67. The van der Waals surface area contributed by atoms with Crippen molar-refractivity contribution in [3.05, 3.63) is 59.7 Å². The number of benzene rings is 2. The van der Waals surface area contributed by atoms with E-state index >= 15 is 0 Å². The molecule has 0 saturated heterocycles. The first-order valence-electron chi connectivity index (χ1n) is 10.3. The van der Waals surface area contributed by atoms with Crippen LogP contribution >= 0.6 is 0 Å². The second kappa shape index (κ2) is 9.50. The number of anilines is 2. The average Bonchev–Trinajstić information content (AvgIpc) is 2.74. The van der Waals surface area contributed by atoms with Crippen LogP contribution in [0.4, 0.5) is 11.4 Å². The van der Waals surface area contributed by atoms with Crippen LogP contribution in [-0.4, -0.2) is 17.6 Å². The molecule has 0 unspecified atom stereocenters. The molecule has 5 heteroatoms. The molecule has 0 atom stereocenters. The molecular weight excluding hydrogens is 364 g/mol. The van der Waals surface area contributed by atoms with Gasteiger partial charge in [-0.05, 0) is 74.9 Å². The molecule has 0 aromatic heterocycles. The van der Waals surface area contributed by atoms with Crippen molar-refractivity contribution in [3.63, 3.8) is 0 Å². The van der Waals surface area contributed by atoms with Crippen molar-refractivity contribution in [3.8, 4) is 0 Å². The van der Waals surface area contributed by atoms with Gasteiger partial charge in [0.15, 0.2) is 5.78 Å². The fraction of sp³-hybridized carbons (Fsp3) is 0.375. The lowest BCUT2D eigenvalue weighted by molar-refractivity contribution is -0.125. The Kier molecular flexibility index (Phi) is 6.81. The molecule has 0 radical (unpaired) electrons. The van der Waals surface area contributed by atoms with E-state index in [2.05, 4.69) is 17.6 Å². The van der Waals surface area contributed by atoms with E-state index in [0.717, 1.165) is 17.7 Å². The minimum Gasteiger partial charge on any atom is -0.326 e. The minimum absolute atomic E-state index is 0.000959. The summed E-state index contributed by atoms with van der Waals surface area (Å²) in [5.74, 6) is -0.116. The Bertz CT molecular complexity index is 881. The van der Waals surface area contributed by atoms with Gasteiger partial charge in [0, 0.05) is 28.8 Å². The molecule has 5 nitrogen and oxygen atoms in total. The van der Waals surface area contributed by atoms with E-state index in [1.54, 1.807) is 24.3 Å². The van der Waals surface area contributed by atoms with Crippen molar-refractivity contribution < 1.29 is 14.4 Å². The number of rotatable bonds is 6. The molecule has 2 aromatic rings. The quantitative estimate of drug-likeness (QED) is 0.691. The molecule has 152 valence electrons. The van der Waals surface area contributed by atoms with Crippen LogP contribution in [0.5, 0.6) is 0 Å². The molecule has 0 heterocycles. The summed E-state index contributed by atoms with van der Waals surface area (Å²) in [5, 5.41) is 5.99. The van der Waals surface area contributed by atoms with Crippen molar-refractivity contribution in [1.29, 1.82) is 0 Å². The lowest BCUT2D eigenvalue weighted by atomic mass is 9.81. The van der Waals surface area contributed by atoms with Crippen LogP contribution in [0.3, 0.4) is 0 Å². The van der Waals surface area contributed by atoms with Crippen LogP contribution < -0.4 is 10.6 Å². The summed E-state index contributed by atoms with van der Waals surface area (Å²) in [7, 11) is 0. The maximum Gasteiger partial charge on any atom is 0.227 e. The predicted octanol–water partition coefficient (Wildman–Crippen LogP) is 4.84. The van der Waals surface area contributed by atoms with Gasteiger partial charge in [-0.2, -0.15) is 0 Å². The van der Waals surface area contributed by atoms with Gasteiger partial charge in [-0.3, -0.25) is 14.4 Å². The third-order valence-corrected chi connectivity index (χ3v) is 5.68. The fourth-order valence-electron chi connectivity index (χ4n) is 3.84. The van der Waals surface area contributed by atoms with E-state index in [4.69, 9.17) is 0 Å². The van der Waals surface area contributed by atoms with Gasteiger partial charge in [-0.25, -0.2) is 0 Å². The van der Waals surface area contributed by atoms with Gasteiger partial charge in [0.05, 0.1) is 0 Å². The number of nitrogens with one attached hydrogen (secondary N) is 2. The van der Waals surface area contributed by atoms with Gasteiger partial charge in [-0.15, -0.1) is 0 Å². The van der Waals surface area contributed by atoms with E-state index in [0.29, 0.717) is 36.9 Å². The van der Waals surface area contributed by atoms with Gasteiger partial charge < -0.3 is 10.6 Å². The van der Waals surface area contributed by atoms with Crippen LogP contribution in [0.2, 0.25) is 0 Å². The van der Waals surface area contributed by atoms with E-state index in [1.165, 1.54) is 6.92 Å². The molecule has 29 heavy (non-hydrogen) atoms. The van der Waals surface area contributed by atoms with Gasteiger partial charge in [0.25, 0.3) is 0 Å². The molecule has 0 aliphatic heterocycles. The number of ketones is 1. The Morgan fingerprint density at radius 2 is 1.38 bits per heavy atom. The summed E-state index contributed by atoms with van der Waals surface area (Å²) >= 11 is 0. The highest BCUT2D eigenvalue weighted by Gasteiger charge is 2.30. The van der Waals surface area contributed by atoms with Crippen molar-refractivity contribution in [2.75, 3.05) is 10.6 Å². The third-order valence-electron chi connectivity index (χ3n) is 5.68. The summed E-state index contributed by atoms with van der Waals surface area (Å²) in [6, 6.07) is 14.8. The number of aryl methyl sites for hydroxylation is 1. The highest BCUT2D eigenvalue weighted by atomic mass is 16.2. The second-order valence-corrected chi connectivity index (χ2v) is 7.67. The van der Waals surface area contributed by atoms with E-state index in [9.17, 15) is 14.4 Å². The molecule has 0 bridgehead atoms. The third kappa shape index (κ3) is 5.31. The Labute approximate surface area is 171 Å². The monoisotopic (exact) mass is 392 g/mol. The first-order chi connectivity index (χ1) is 14.0. The van der Waals surface area contributed by atoms with Gasteiger partial charge in [0.2, 0.25) is 11.8 Å². The fourth-order valence-corrected chi connectivity index (χ4v) is 3.84. The smallest absolute Gasteiger partial charge is 0.227 e. The molecular formula is C24H28N2O3. The van der Waals surface area contributed by atoms with E-state index in [-0.39, 0.29) is 29.4 Å². The summed E-state index contributed by atoms with van der Waals surface area (Å²) < 4.78 is 0. The van der Waals surface area contributed by atoms with E-state index in [1.807, 2.05) is 24.3 Å². The lowest BCUT2D eigenvalue weighted by Gasteiger charge is -2.27. The SMILES string of the molecule is CCc1ccccc1NC(=O)C1CCC(C(=O)Nc2ccc(C(C)=O)cc2)CC1. The first-order valence-corrected chi connectivity index (χ1v) is 10.3. The zero-order chi connectivity index (χ0) is 20.8. The van der Waals surface area contributed by atoms with Crippen LogP contribution in [0.25, 0.3) is 0 Å². The Balaban J connectivity index is 1.51. The van der Waals surface area contributed by atoms with Crippen molar-refractivity contribution in [2.24, 2.45) is 11.8 Å². The standard InChI is InChI=1S/C24H28N2O3/c1-3-17-6-4-5-7-22(17)26-24(29)20-10-8-19(9-11-20)23(28)25-21-14-12-18(13-15-21)16(2)27/h4-7,12-15,19-20H,3,8-11H2,1-2H3,(H,25,28)(H,26,29). The average molecular weight is 392 g/mol. The Morgan fingerprint density at radius 3 is 1.93 bits per heavy atom. The van der Waals surface area contributed by atoms with Gasteiger partial charge in [-0.1, -0.05) is 25.1 Å². The summed E-state index contributed by atoms with van der Waals surface area (Å²) in [6.07, 6.45) is 3.69. The topological polar surface area (TPSA) is 75.3 Å². The van der Waals surface area contributed by atoms with Crippen LogP contribution in [0, 0.1) is 11.8 Å². The number of carbonyl (C=O) groups is 3. The molecule has 1 fully saturated rings. The predicted molar refractivity (Wildman–Crippen MR) is 115 cm³/mol. The Hall–Kier alpha value is -2.95. The molecule has 2 amide bonds. The van der Waals surface area contributed by atoms with Crippen LogP contribution in [0.1, 0.15) is 55.5 Å². The molecule has 2 N–H and O–H groups in total. The zero-order valence-electron chi connectivity index (χ0n) is 17.0. The maximum atomic E-state index is 12.7. The molecule has 3 rings (SSSR count). The summed E-state index contributed by atoms with van der Waals surface area (Å²) in [4.78, 5) is 36.6. The first kappa shape index (κ1) is 20.8. The van der Waals surface area contributed by atoms with Gasteiger partial charge in [0.1, 0.15) is 0 Å². The van der Waals surface area contributed by atoms with Crippen molar-refractivity contribution in [1.82, 2.24) is 0 Å². The molecule has 2 aromatic carbocycles. The molecule has 1 aliphatic rings. The number of carbonyl (C=O) groups excluding carboxylic acids is 3. The highest BCUT2D eigenvalue weighted by molar-refractivity contribution is 5.96. The molecule has 1 saturated carbocycles. The van der Waals surface area contributed by atoms with Crippen molar-refractivity contribution in [2.45, 2.75) is 46.0 Å². The zero-order valence-corrected chi connectivity index (χ0v) is 17.0. The number of hydrogen-bond donors (Lipinski definition) is 2. The Morgan fingerprint density at radius 1 is 0.828 bits per heavy atom. The number of amides is 2. The van der Waals surface area contributed by atoms with Crippen LogP contribution in [0.15, 0.2) is 48.5 Å². The summed E-state index contributed by atoms with van der Waals surface area (Å²) in [5.41, 5.74) is 3.33. The number of para-hydroxylation sites is 1. The van der Waals surface area contributed by atoms with Crippen LogP contribution in [-0.2, 0) is 16.0 Å². The maximum absolute atomic E-state index is 12.7. The van der Waals surface area contributed by atoms with E-state index < -0.39 is 0 Å². The molecule has 0 spiro atoms. The number of hydrogen-bond acceptors (Lipinski definition) is 3. The van der Waals surface area contributed by atoms with Crippen molar-refractivity contribution >= 4 is 29.0 Å².